The van der Waals surface area contributed by atoms with Crippen LogP contribution in [0, 0.1) is 10.8 Å². The van der Waals surface area contributed by atoms with Gasteiger partial charge in [0.2, 0.25) is 0 Å². The fourth-order valence-corrected chi connectivity index (χ4v) is 1.53. The molecule has 0 unspecified atom stereocenters. The van der Waals surface area contributed by atoms with E-state index in [9.17, 15) is 4.79 Å². The van der Waals surface area contributed by atoms with E-state index in [1.54, 1.807) is 0 Å². The summed E-state index contributed by atoms with van der Waals surface area (Å²) in [5.41, 5.74) is 0.425. The van der Waals surface area contributed by atoms with Crippen LogP contribution in [0.3, 0.4) is 0 Å². The molecule has 1 aliphatic carbocycles. The molecule has 0 bridgehead atoms. The van der Waals surface area contributed by atoms with Gasteiger partial charge < -0.3 is 0 Å². The summed E-state index contributed by atoms with van der Waals surface area (Å²) in [6, 6.07) is 0. The number of ketones is 1. The van der Waals surface area contributed by atoms with Gasteiger partial charge in [-0.1, -0.05) is 27.7 Å². The van der Waals surface area contributed by atoms with E-state index in [2.05, 4.69) is 27.7 Å². The third-order valence-electron chi connectivity index (χ3n) is 3.11. The van der Waals surface area contributed by atoms with Gasteiger partial charge in [-0.3, -0.25) is 4.79 Å². The zero-order valence-electron chi connectivity index (χ0n) is 7.32. The number of carbonyl (C=O) groups excluding carboxylic acids is 1. The molecule has 1 rings (SSSR count). The second kappa shape index (κ2) is 1.84. The molecule has 0 amide bonds. The van der Waals surface area contributed by atoms with E-state index in [1.807, 2.05) is 0 Å². The van der Waals surface area contributed by atoms with Crippen LogP contribution in [0.4, 0.5) is 0 Å². The number of carbonyl (C=O) groups is 1. The molecule has 0 aromatic rings. The highest BCUT2D eigenvalue weighted by atomic mass is 16.1. The van der Waals surface area contributed by atoms with Crippen LogP contribution in [-0.2, 0) is 4.79 Å². The number of rotatable bonds is 0. The first-order chi connectivity index (χ1) is 4.35. The minimum atomic E-state index is 0.212. The molecule has 0 heterocycles. The van der Waals surface area contributed by atoms with Crippen molar-refractivity contribution in [3.63, 3.8) is 0 Å². The number of Topliss-reactive ketones (excluding diaryl/α,β-unsaturated/α-hetero) is 1. The van der Waals surface area contributed by atoms with Gasteiger partial charge in [-0.25, -0.2) is 0 Å². The Labute approximate surface area is 62.8 Å². The SMILES string of the molecule is CC1(C)CC(=O)CC1(C)C. The second-order valence-corrected chi connectivity index (χ2v) is 4.66. The molecule has 1 fully saturated rings. The topological polar surface area (TPSA) is 17.1 Å². The highest BCUT2D eigenvalue weighted by molar-refractivity contribution is 5.82. The summed E-state index contributed by atoms with van der Waals surface area (Å²) in [6.07, 6.45) is 1.53. The molecule has 1 aliphatic rings. The summed E-state index contributed by atoms with van der Waals surface area (Å²) in [7, 11) is 0. The fraction of sp³-hybridized carbons (Fsp3) is 0.889. The predicted octanol–water partition coefficient (Wildman–Crippen LogP) is 2.40. The maximum absolute atomic E-state index is 11.1. The summed E-state index contributed by atoms with van der Waals surface area (Å²) < 4.78 is 0. The first-order valence-corrected chi connectivity index (χ1v) is 3.87. The van der Waals surface area contributed by atoms with Crippen LogP contribution in [0.5, 0.6) is 0 Å². The Morgan fingerprint density at radius 1 is 1.00 bits per heavy atom. The molecule has 0 radical (unpaired) electrons. The molecule has 10 heavy (non-hydrogen) atoms. The van der Waals surface area contributed by atoms with Crippen molar-refractivity contribution in [2.45, 2.75) is 40.5 Å². The molecule has 0 aromatic heterocycles. The predicted molar refractivity (Wildman–Crippen MR) is 41.8 cm³/mol. The van der Waals surface area contributed by atoms with Crippen LogP contribution in [0.1, 0.15) is 40.5 Å². The summed E-state index contributed by atoms with van der Waals surface area (Å²) in [5, 5.41) is 0. The summed E-state index contributed by atoms with van der Waals surface area (Å²) in [4.78, 5) is 11.1. The minimum Gasteiger partial charge on any atom is -0.300 e. The summed E-state index contributed by atoms with van der Waals surface area (Å²) >= 11 is 0. The lowest BCUT2D eigenvalue weighted by atomic mass is 9.71. The summed E-state index contributed by atoms with van der Waals surface area (Å²) in [6.45, 7) is 8.71. The maximum atomic E-state index is 11.1. The monoisotopic (exact) mass is 140 g/mol. The molecule has 1 saturated carbocycles. The molecule has 58 valence electrons. The van der Waals surface area contributed by atoms with Gasteiger partial charge in [-0.15, -0.1) is 0 Å². The molecular formula is C9H16O. The molecule has 1 nitrogen and oxygen atoms in total. The largest absolute Gasteiger partial charge is 0.300 e. The second-order valence-electron chi connectivity index (χ2n) is 4.66. The van der Waals surface area contributed by atoms with Gasteiger partial charge in [0.05, 0.1) is 0 Å². The van der Waals surface area contributed by atoms with E-state index in [0.717, 1.165) is 12.8 Å². The third kappa shape index (κ3) is 0.979. The molecule has 0 spiro atoms. The number of hydrogen-bond acceptors (Lipinski definition) is 1. The van der Waals surface area contributed by atoms with Gasteiger partial charge in [-0.2, -0.15) is 0 Å². The van der Waals surface area contributed by atoms with Gasteiger partial charge in [0.25, 0.3) is 0 Å². The number of hydrogen-bond donors (Lipinski definition) is 0. The van der Waals surface area contributed by atoms with E-state index >= 15 is 0 Å². The van der Waals surface area contributed by atoms with Crippen molar-refractivity contribution >= 4 is 5.78 Å². The average molecular weight is 140 g/mol. The summed E-state index contributed by atoms with van der Waals surface area (Å²) in [5.74, 6) is 0.426. The molecule has 0 N–H and O–H groups in total. The van der Waals surface area contributed by atoms with Crippen LogP contribution in [0.15, 0.2) is 0 Å². The lowest BCUT2D eigenvalue weighted by Crippen LogP contribution is -2.25. The Hall–Kier alpha value is -0.330. The first kappa shape index (κ1) is 7.77. The smallest absolute Gasteiger partial charge is 0.134 e. The molecule has 0 atom stereocenters. The van der Waals surface area contributed by atoms with Gasteiger partial charge in [-0.05, 0) is 10.8 Å². The Balaban J connectivity index is 2.88. The van der Waals surface area contributed by atoms with E-state index in [-0.39, 0.29) is 10.8 Å². The Bertz CT molecular complexity index is 148. The van der Waals surface area contributed by atoms with Crippen molar-refractivity contribution in [1.29, 1.82) is 0 Å². The van der Waals surface area contributed by atoms with Crippen LogP contribution < -0.4 is 0 Å². The van der Waals surface area contributed by atoms with Crippen LogP contribution in [0.25, 0.3) is 0 Å². The van der Waals surface area contributed by atoms with Crippen LogP contribution in [-0.4, -0.2) is 5.78 Å². The lowest BCUT2D eigenvalue weighted by molar-refractivity contribution is -0.118. The Kier molecular flexibility index (Phi) is 1.43. The highest BCUT2D eigenvalue weighted by Crippen LogP contribution is 2.49. The van der Waals surface area contributed by atoms with E-state index in [0.29, 0.717) is 5.78 Å². The molecule has 1 heteroatoms. The van der Waals surface area contributed by atoms with Crippen LogP contribution >= 0.6 is 0 Å². The van der Waals surface area contributed by atoms with E-state index in [1.165, 1.54) is 0 Å². The Morgan fingerprint density at radius 2 is 1.30 bits per heavy atom. The van der Waals surface area contributed by atoms with Gasteiger partial charge >= 0.3 is 0 Å². The standard InChI is InChI=1S/C9H16O/c1-8(2)5-7(10)6-9(8,3)4/h5-6H2,1-4H3. The van der Waals surface area contributed by atoms with Crippen molar-refractivity contribution < 1.29 is 4.79 Å². The van der Waals surface area contributed by atoms with Crippen molar-refractivity contribution in [3.05, 3.63) is 0 Å². The van der Waals surface area contributed by atoms with E-state index in [4.69, 9.17) is 0 Å². The lowest BCUT2D eigenvalue weighted by Gasteiger charge is -2.33. The Morgan fingerprint density at radius 3 is 1.40 bits per heavy atom. The zero-order valence-corrected chi connectivity index (χ0v) is 7.32. The van der Waals surface area contributed by atoms with Gasteiger partial charge in [0.1, 0.15) is 5.78 Å². The third-order valence-corrected chi connectivity index (χ3v) is 3.11. The van der Waals surface area contributed by atoms with Gasteiger partial charge in [0.15, 0.2) is 0 Å². The molecule has 0 aromatic carbocycles. The highest BCUT2D eigenvalue weighted by Gasteiger charge is 2.45. The van der Waals surface area contributed by atoms with Crippen molar-refractivity contribution in [1.82, 2.24) is 0 Å². The minimum absolute atomic E-state index is 0.212. The van der Waals surface area contributed by atoms with E-state index < -0.39 is 0 Å². The molecule has 0 aliphatic heterocycles. The van der Waals surface area contributed by atoms with Crippen molar-refractivity contribution in [2.75, 3.05) is 0 Å². The quantitative estimate of drug-likeness (QED) is 0.505. The molecular weight excluding hydrogens is 124 g/mol. The van der Waals surface area contributed by atoms with Crippen LogP contribution in [0.2, 0.25) is 0 Å². The molecule has 0 saturated heterocycles. The average Bonchev–Trinajstić information content (AvgIpc) is 1.73. The fourth-order valence-electron chi connectivity index (χ4n) is 1.53. The maximum Gasteiger partial charge on any atom is 0.134 e. The van der Waals surface area contributed by atoms with Gasteiger partial charge in [0, 0.05) is 12.8 Å². The zero-order chi connectivity index (χ0) is 7.99. The van der Waals surface area contributed by atoms with Crippen molar-refractivity contribution in [2.24, 2.45) is 10.8 Å². The normalized spacial score (nSPS) is 29.0. The first-order valence-electron chi connectivity index (χ1n) is 3.87. The van der Waals surface area contributed by atoms with Crippen molar-refractivity contribution in [3.8, 4) is 0 Å².